The third kappa shape index (κ3) is 2.15. The van der Waals surface area contributed by atoms with Crippen LogP contribution in [-0.2, 0) is 19.4 Å². The van der Waals surface area contributed by atoms with Crippen LogP contribution in [0.1, 0.15) is 35.6 Å². The summed E-state index contributed by atoms with van der Waals surface area (Å²) in [6.45, 7) is 3.08. The number of hydrogen-bond donors (Lipinski definition) is 0. The van der Waals surface area contributed by atoms with E-state index >= 15 is 0 Å². The van der Waals surface area contributed by atoms with Crippen molar-refractivity contribution in [1.29, 1.82) is 0 Å². The van der Waals surface area contributed by atoms with Gasteiger partial charge in [-0.15, -0.1) is 0 Å². The van der Waals surface area contributed by atoms with Crippen LogP contribution in [0.4, 0.5) is 0 Å². The molecule has 0 saturated heterocycles. The maximum absolute atomic E-state index is 4.79. The fourth-order valence-corrected chi connectivity index (χ4v) is 3.55. The van der Waals surface area contributed by atoms with Crippen molar-refractivity contribution >= 4 is 10.8 Å². The minimum Gasteiger partial charge on any atom is -0.328 e. The molecule has 2 nitrogen and oxygen atoms in total. The molecule has 1 heterocycles. The first kappa shape index (κ1) is 12.6. The highest BCUT2D eigenvalue weighted by Crippen LogP contribution is 2.25. The molecule has 0 spiro atoms. The zero-order valence-corrected chi connectivity index (χ0v) is 12.5. The summed E-state index contributed by atoms with van der Waals surface area (Å²) in [7, 11) is 0. The molecule has 1 aliphatic rings. The van der Waals surface area contributed by atoms with Gasteiger partial charge >= 0.3 is 0 Å². The van der Waals surface area contributed by atoms with Crippen LogP contribution >= 0.6 is 0 Å². The lowest BCUT2D eigenvalue weighted by Gasteiger charge is -2.16. The molecular formula is C19H20N2. The summed E-state index contributed by atoms with van der Waals surface area (Å²) < 4.78 is 2.43. The van der Waals surface area contributed by atoms with Crippen LogP contribution in [0, 0.1) is 6.92 Å². The number of rotatable bonds is 2. The predicted molar refractivity (Wildman–Crippen MR) is 86.7 cm³/mol. The Bertz CT molecular complexity index is 793. The summed E-state index contributed by atoms with van der Waals surface area (Å²) in [4.78, 5) is 4.79. The molecule has 0 aliphatic heterocycles. The van der Waals surface area contributed by atoms with Gasteiger partial charge in [0.05, 0.1) is 5.69 Å². The van der Waals surface area contributed by atoms with Crippen LogP contribution in [0.2, 0.25) is 0 Å². The minimum absolute atomic E-state index is 0.940. The topological polar surface area (TPSA) is 17.8 Å². The Morgan fingerprint density at radius 1 is 1.00 bits per heavy atom. The largest absolute Gasteiger partial charge is 0.328 e. The molecule has 21 heavy (non-hydrogen) atoms. The zero-order valence-electron chi connectivity index (χ0n) is 12.5. The first-order chi connectivity index (χ1) is 10.3. The van der Waals surface area contributed by atoms with Gasteiger partial charge in [-0.1, -0.05) is 42.5 Å². The maximum atomic E-state index is 4.79. The molecule has 2 aromatic carbocycles. The fraction of sp³-hybridized carbons (Fsp3) is 0.316. The lowest BCUT2D eigenvalue weighted by atomic mass is 10.0. The number of imidazole rings is 1. The number of aryl methyl sites for hydroxylation is 2. The molecule has 2 heteroatoms. The van der Waals surface area contributed by atoms with Gasteiger partial charge in [-0.25, -0.2) is 4.98 Å². The Kier molecular flexibility index (Phi) is 3.03. The number of nitrogens with zero attached hydrogens (tertiary/aromatic N) is 2. The lowest BCUT2D eigenvalue weighted by molar-refractivity contribution is 0.625. The highest BCUT2D eigenvalue weighted by Gasteiger charge is 2.18. The van der Waals surface area contributed by atoms with Gasteiger partial charge in [-0.3, -0.25) is 0 Å². The van der Waals surface area contributed by atoms with E-state index in [-0.39, 0.29) is 0 Å². The van der Waals surface area contributed by atoms with Gasteiger partial charge in [0.15, 0.2) is 0 Å². The van der Waals surface area contributed by atoms with Gasteiger partial charge in [0, 0.05) is 12.2 Å². The van der Waals surface area contributed by atoms with Gasteiger partial charge in [0.1, 0.15) is 5.82 Å². The van der Waals surface area contributed by atoms with Crippen molar-refractivity contribution in [1.82, 2.24) is 9.55 Å². The molecule has 0 saturated carbocycles. The average molecular weight is 276 g/mol. The minimum atomic E-state index is 0.940. The molecule has 0 unspecified atom stereocenters. The molecule has 1 aromatic heterocycles. The summed E-state index contributed by atoms with van der Waals surface area (Å²) >= 11 is 0. The van der Waals surface area contributed by atoms with Crippen molar-refractivity contribution in [3.8, 4) is 0 Å². The van der Waals surface area contributed by atoms with Crippen LogP contribution in [0.25, 0.3) is 10.8 Å². The van der Waals surface area contributed by atoms with Gasteiger partial charge < -0.3 is 4.57 Å². The van der Waals surface area contributed by atoms with Gasteiger partial charge in [0.2, 0.25) is 0 Å². The molecule has 4 rings (SSSR count). The third-order valence-electron chi connectivity index (χ3n) is 4.63. The number of hydrogen-bond acceptors (Lipinski definition) is 1. The molecule has 106 valence electrons. The average Bonchev–Trinajstić information content (AvgIpc) is 2.84. The van der Waals surface area contributed by atoms with Crippen molar-refractivity contribution in [3.05, 3.63) is 65.2 Å². The molecule has 0 bridgehead atoms. The first-order valence-electron chi connectivity index (χ1n) is 7.84. The number of fused-ring (bicyclic) bond motifs is 2. The summed E-state index contributed by atoms with van der Waals surface area (Å²) in [5, 5.41) is 2.68. The molecule has 1 aliphatic carbocycles. The van der Waals surface area contributed by atoms with E-state index in [9.17, 15) is 0 Å². The van der Waals surface area contributed by atoms with Crippen molar-refractivity contribution < 1.29 is 0 Å². The lowest BCUT2D eigenvalue weighted by Crippen LogP contribution is -2.10. The fourth-order valence-electron chi connectivity index (χ4n) is 3.55. The molecule has 3 aromatic rings. The van der Waals surface area contributed by atoms with Gasteiger partial charge in [0.25, 0.3) is 0 Å². The first-order valence-corrected chi connectivity index (χ1v) is 7.84. The van der Waals surface area contributed by atoms with E-state index < -0.39 is 0 Å². The third-order valence-corrected chi connectivity index (χ3v) is 4.63. The van der Waals surface area contributed by atoms with E-state index in [1.807, 2.05) is 0 Å². The van der Waals surface area contributed by atoms with Gasteiger partial charge in [-0.05, 0) is 48.9 Å². The summed E-state index contributed by atoms with van der Waals surface area (Å²) in [5.74, 6) is 1.16. The summed E-state index contributed by atoms with van der Waals surface area (Å²) in [5.41, 5.74) is 4.19. The summed E-state index contributed by atoms with van der Waals surface area (Å²) in [6.07, 6.45) is 4.92. The molecule has 0 atom stereocenters. The second-order valence-electron chi connectivity index (χ2n) is 5.98. The molecule has 0 fully saturated rings. The normalized spacial score (nSPS) is 14.3. The van der Waals surface area contributed by atoms with E-state index in [1.165, 1.54) is 47.0 Å². The second-order valence-corrected chi connectivity index (χ2v) is 5.98. The van der Waals surface area contributed by atoms with Crippen LogP contribution in [-0.4, -0.2) is 9.55 Å². The van der Waals surface area contributed by atoms with E-state index in [2.05, 4.69) is 54.0 Å². The van der Waals surface area contributed by atoms with Gasteiger partial charge in [-0.2, -0.15) is 0 Å². The SMILES string of the molecule is Cc1nc2c(n1Cc1cccc3ccccc13)CCCC2. The standard InChI is InChI=1S/C19H20N2/c1-14-20-18-11-4-5-12-19(18)21(14)13-16-9-6-8-15-7-2-3-10-17(15)16/h2-3,6-10H,4-5,11-13H2,1H3. The van der Waals surface area contributed by atoms with E-state index in [0.29, 0.717) is 0 Å². The monoisotopic (exact) mass is 276 g/mol. The molecular weight excluding hydrogens is 256 g/mol. The van der Waals surface area contributed by atoms with Crippen LogP contribution in [0.5, 0.6) is 0 Å². The maximum Gasteiger partial charge on any atom is 0.106 e. The Morgan fingerprint density at radius 3 is 2.76 bits per heavy atom. The van der Waals surface area contributed by atoms with Crippen molar-refractivity contribution in [2.75, 3.05) is 0 Å². The van der Waals surface area contributed by atoms with E-state index in [4.69, 9.17) is 4.98 Å². The molecule has 0 amide bonds. The van der Waals surface area contributed by atoms with Crippen LogP contribution < -0.4 is 0 Å². The number of aromatic nitrogens is 2. The molecule has 0 N–H and O–H groups in total. The zero-order chi connectivity index (χ0) is 14.2. The Hall–Kier alpha value is -2.09. The number of benzene rings is 2. The summed E-state index contributed by atoms with van der Waals surface area (Å²) in [6, 6.07) is 15.2. The molecule has 0 radical (unpaired) electrons. The Labute approximate surface area is 125 Å². The predicted octanol–water partition coefficient (Wildman–Crippen LogP) is 4.27. The highest BCUT2D eigenvalue weighted by atomic mass is 15.1. The Morgan fingerprint density at radius 2 is 1.81 bits per heavy atom. The van der Waals surface area contributed by atoms with Crippen LogP contribution in [0.15, 0.2) is 42.5 Å². The van der Waals surface area contributed by atoms with Crippen LogP contribution in [0.3, 0.4) is 0 Å². The second kappa shape index (κ2) is 5.03. The van der Waals surface area contributed by atoms with E-state index in [0.717, 1.165) is 18.8 Å². The smallest absolute Gasteiger partial charge is 0.106 e. The quantitative estimate of drug-likeness (QED) is 0.683. The van der Waals surface area contributed by atoms with Crippen molar-refractivity contribution in [2.45, 2.75) is 39.2 Å². The van der Waals surface area contributed by atoms with Crippen molar-refractivity contribution in [2.24, 2.45) is 0 Å². The Balaban J connectivity index is 1.80. The highest BCUT2D eigenvalue weighted by molar-refractivity contribution is 5.85. The van der Waals surface area contributed by atoms with E-state index in [1.54, 1.807) is 0 Å². The van der Waals surface area contributed by atoms with Crippen molar-refractivity contribution in [3.63, 3.8) is 0 Å².